The Morgan fingerprint density at radius 3 is 1.87 bits per heavy atom. The van der Waals surface area contributed by atoms with Crippen molar-refractivity contribution in [2.24, 2.45) is 35.5 Å². The van der Waals surface area contributed by atoms with Crippen LogP contribution in [0.4, 0.5) is 0 Å². The third kappa shape index (κ3) is 17.1. The summed E-state index contributed by atoms with van der Waals surface area (Å²) in [6.07, 6.45) is -4.22. The maximum absolute atomic E-state index is 13.9. The van der Waals surface area contributed by atoms with Crippen molar-refractivity contribution in [2.45, 2.75) is 182 Å². The van der Waals surface area contributed by atoms with Crippen LogP contribution in [0.1, 0.15) is 140 Å². The molecule has 0 aromatic heterocycles. The molecule has 11 atom stereocenters. The van der Waals surface area contributed by atoms with E-state index in [-0.39, 0.29) is 80.0 Å². The molecule has 348 valence electrons. The fourth-order valence-electron chi connectivity index (χ4n) is 8.51. The molecule has 2 aliphatic rings. The number of carbonyl (C=O) groups is 7. The maximum Gasteiger partial charge on any atom is 0.333 e. The van der Waals surface area contributed by atoms with Crippen LogP contribution in [0.15, 0.2) is 11.6 Å². The fraction of sp³-hybridized carbons (Fsp3) is 0.800. The van der Waals surface area contributed by atoms with E-state index in [0.717, 1.165) is 14.0 Å². The van der Waals surface area contributed by atoms with Crippen LogP contribution in [-0.2, 0) is 71.5 Å². The lowest BCUT2D eigenvalue weighted by Gasteiger charge is -2.53. The van der Waals surface area contributed by atoms with Gasteiger partial charge in [0.05, 0.1) is 26.7 Å². The largest absolute Gasteiger partial charge is 0.469 e. The van der Waals surface area contributed by atoms with Crippen LogP contribution in [0.2, 0.25) is 0 Å². The van der Waals surface area contributed by atoms with Crippen LogP contribution in [0, 0.1) is 35.5 Å². The number of carbonyl (C=O) groups excluding carboxylic acids is 7. The van der Waals surface area contributed by atoms with E-state index < -0.39 is 89.7 Å². The van der Waals surface area contributed by atoms with E-state index in [0.29, 0.717) is 19.3 Å². The second-order valence-corrected chi connectivity index (χ2v) is 18.1. The maximum atomic E-state index is 13.9. The van der Waals surface area contributed by atoms with Gasteiger partial charge in [-0.3, -0.25) is 28.8 Å². The summed E-state index contributed by atoms with van der Waals surface area (Å²) in [5.74, 6) is -10.5. The van der Waals surface area contributed by atoms with Crippen LogP contribution in [0.25, 0.3) is 0 Å². The fourth-order valence-corrected chi connectivity index (χ4v) is 8.51. The Bertz CT molecular complexity index is 1550. The first kappa shape index (κ1) is 53.2. The Kier molecular flexibility index (Phi) is 21.0. The molecule has 0 aliphatic carbocycles. The number of Topliss-reactive ketones (excluding diaryl/α,β-unsaturated/α-hetero) is 1. The van der Waals surface area contributed by atoms with Gasteiger partial charge >= 0.3 is 35.8 Å². The molecule has 0 saturated carbocycles. The van der Waals surface area contributed by atoms with Gasteiger partial charge in [-0.05, 0) is 56.3 Å². The smallest absolute Gasteiger partial charge is 0.333 e. The molecule has 0 bridgehead atoms. The molecule has 0 unspecified atom stereocenters. The second kappa shape index (κ2) is 24.1. The highest BCUT2D eigenvalue weighted by Gasteiger charge is 2.55. The molecule has 1 spiro atoms. The summed E-state index contributed by atoms with van der Waals surface area (Å²) in [5, 5.41) is 11.5. The van der Waals surface area contributed by atoms with Gasteiger partial charge in [-0.1, -0.05) is 61.5 Å². The van der Waals surface area contributed by atoms with Crippen LogP contribution >= 0.6 is 0 Å². The number of ketones is 1. The first-order valence-corrected chi connectivity index (χ1v) is 21.5. The van der Waals surface area contributed by atoms with Crippen molar-refractivity contribution in [3.8, 4) is 0 Å². The Morgan fingerprint density at radius 2 is 1.34 bits per heavy atom. The van der Waals surface area contributed by atoms with E-state index in [1.54, 1.807) is 13.8 Å². The van der Waals surface area contributed by atoms with E-state index in [1.165, 1.54) is 27.0 Å². The molecule has 0 aromatic carbocycles. The lowest BCUT2D eigenvalue weighted by molar-refractivity contribution is -0.405. The van der Waals surface area contributed by atoms with Crippen LogP contribution in [0.5, 0.6) is 0 Å². The number of rotatable bonds is 22. The molecular weight excluding hydrogens is 796 g/mol. The van der Waals surface area contributed by atoms with Crippen molar-refractivity contribution in [2.75, 3.05) is 14.2 Å². The lowest BCUT2D eigenvalue weighted by atomic mass is 9.78. The summed E-state index contributed by atoms with van der Waals surface area (Å²) in [7, 11) is 2.30. The average Bonchev–Trinajstić information content (AvgIpc) is 3.12. The topological polar surface area (TPSA) is 214 Å². The van der Waals surface area contributed by atoms with Gasteiger partial charge in [-0.25, -0.2) is 4.79 Å². The summed E-state index contributed by atoms with van der Waals surface area (Å²) in [6.45, 7) is 18.5. The van der Waals surface area contributed by atoms with Crippen molar-refractivity contribution < 1.29 is 76.6 Å². The van der Waals surface area contributed by atoms with Gasteiger partial charge < -0.3 is 43.0 Å². The minimum Gasteiger partial charge on any atom is -0.469 e. The third-order valence-corrected chi connectivity index (χ3v) is 10.8. The highest BCUT2D eigenvalue weighted by Crippen LogP contribution is 2.48. The Balaban J connectivity index is 2.82. The molecule has 0 amide bonds. The Morgan fingerprint density at radius 1 is 0.770 bits per heavy atom. The van der Waals surface area contributed by atoms with Gasteiger partial charge in [-0.2, -0.15) is 0 Å². The van der Waals surface area contributed by atoms with Crippen molar-refractivity contribution in [3.63, 3.8) is 0 Å². The van der Waals surface area contributed by atoms with Crippen molar-refractivity contribution in [1.29, 1.82) is 0 Å². The highest BCUT2D eigenvalue weighted by atomic mass is 16.8. The van der Waals surface area contributed by atoms with Crippen molar-refractivity contribution in [3.05, 3.63) is 11.6 Å². The van der Waals surface area contributed by atoms with Crippen LogP contribution < -0.4 is 0 Å². The molecule has 0 radical (unpaired) electrons. The van der Waals surface area contributed by atoms with Gasteiger partial charge in [0.2, 0.25) is 0 Å². The zero-order valence-electron chi connectivity index (χ0n) is 38.6. The normalized spacial score (nSPS) is 26.0. The standard InChI is InChI=1S/C45H72O16/c1-14-36(48)57-33(16-15-29(8)42(51)54-12)39(43(52)55-13)41(56-32(11)47)34(58-37(49)17-25(2)3)20-30(9)40(59-38(50)18-26(4)5)35-19-27(6)22-45(60-35)23-28(7)21-44(53,61-45)24-31(10)46/h15,25-28,30,33-35,39-41,53H,14,16-24H2,1-13H3/b29-15+/t27-,28+,30-,33-,34+,35-,39-,40-,41-,44-,45-/m0/s1. The third-order valence-electron chi connectivity index (χ3n) is 10.8. The lowest BCUT2D eigenvalue weighted by Crippen LogP contribution is -2.59. The number of hydrogen-bond acceptors (Lipinski definition) is 16. The molecule has 61 heavy (non-hydrogen) atoms. The minimum absolute atomic E-state index is 0.0485. The van der Waals surface area contributed by atoms with Crippen molar-refractivity contribution in [1.82, 2.24) is 0 Å². The van der Waals surface area contributed by atoms with Gasteiger partial charge in [0.25, 0.3) is 0 Å². The molecule has 16 nitrogen and oxygen atoms in total. The van der Waals surface area contributed by atoms with E-state index in [9.17, 15) is 38.7 Å². The molecule has 2 saturated heterocycles. The summed E-state index contributed by atoms with van der Waals surface area (Å²) in [5.41, 5.74) is 0.142. The quantitative estimate of drug-likeness (QED) is 0.0739. The van der Waals surface area contributed by atoms with E-state index >= 15 is 0 Å². The van der Waals surface area contributed by atoms with E-state index in [2.05, 4.69) is 0 Å². The monoisotopic (exact) mass is 868 g/mol. The zero-order chi connectivity index (χ0) is 46.4. The highest BCUT2D eigenvalue weighted by molar-refractivity contribution is 5.87. The molecule has 1 N–H and O–H groups in total. The second-order valence-electron chi connectivity index (χ2n) is 18.1. The molecule has 16 heteroatoms. The van der Waals surface area contributed by atoms with Gasteiger partial charge in [-0.15, -0.1) is 0 Å². The minimum atomic E-state index is -1.78. The number of esters is 6. The van der Waals surface area contributed by atoms with Gasteiger partial charge in [0, 0.05) is 57.4 Å². The van der Waals surface area contributed by atoms with Gasteiger partial charge in [0.1, 0.15) is 30.0 Å². The zero-order valence-corrected chi connectivity index (χ0v) is 38.6. The number of aliphatic hydroxyl groups is 1. The molecule has 2 heterocycles. The summed E-state index contributed by atoms with van der Waals surface area (Å²) in [4.78, 5) is 91.5. The predicted octanol–water partition coefficient (Wildman–Crippen LogP) is 6.11. The first-order valence-electron chi connectivity index (χ1n) is 21.5. The number of ether oxygens (including phenoxy) is 8. The van der Waals surface area contributed by atoms with Crippen LogP contribution in [0.3, 0.4) is 0 Å². The van der Waals surface area contributed by atoms with E-state index in [1.807, 2.05) is 41.5 Å². The summed E-state index contributed by atoms with van der Waals surface area (Å²) < 4.78 is 47.2. The predicted molar refractivity (Wildman–Crippen MR) is 220 cm³/mol. The summed E-state index contributed by atoms with van der Waals surface area (Å²) >= 11 is 0. The average molecular weight is 869 g/mol. The van der Waals surface area contributed by atoms with Gasteiger partial charge in [0.15, 0.2) is 17.7 Å². The Hall–Kier alpha value is -3.89. The number of hydrogen-bond donors (Lipinski definition) is 1. The number of methoxy groups -OCH3 is 2. The van der Waals surface area contributed by atoms with E-state index in [4.69, 9.17) is 37.9 Å². The molecule has 2 fully saturated rings. The first-order chi connectivity index (χ1) is 28.4. The van der Waals surface area contributed by atoms with Crippen LogP contribution in [-0.4, -0.2) is 103 Å². The molecular formula is C45H72O16. The SMILES string of the molecule is CCC(=O)O[C@@H](C/C=C(\C)C(=O)OC)[C@H](C(=O)OC)[C@@H](OC(C)=O)[C@@H](C[C@H](C)[C@H](OC(=O)CC(C)C)[C@@H]1C[C@H](C)C[C@]2(C[C@H](C)C[C@@](O)(CC(C)=O)O2)O1)OC(=O)CC(C)C. The summed E-state index contributed by atoms with van der Waals surface area (Å²) in [6, 6.07) is 0. The van der Waals surface area contributed by atoms with Crippen molar-refractivity contribution >= 4 is 41.6 Å². The molecule has 2 aliphatic heterocycles. The molecule has 0 aromatic rings. The Labute approximate surface area is 361 Å². The molecule has 2 rings (SSSR count).